The molecular formula is C25H24N2O2. The molecule has 0 saturated heterocycles. The summed E-state index contributed by atoms with van der Waals surface area (Å²) in [5.74, 6) is 0.110. The molecular weight excluding hydrogens is 360 g/mol. The van der Waals surface area contributed by atoms with Crippen molar-refractivity contribution in [3.8, 4) is 5.75 Å². The molecule has 4 rings (SSSR count). The highest BCUT2D eigenvalue weighted by atomic mass is 16.3. The zero-order chi connectivity index (χ0) is 20.2. The van der Waals surface area contributed by atoms with Crippen LogP contribution < -0.4 is 5.32 Å². The Morgan fingerprint density at radius 2 is 1.59 bits per heavy atom. The van der Waals surface area contributed by atoms with Crippen LogP contribution >= 0.6 is 0 Å². The topological polar surface area (TPSA) is 54.3 Å². The van der Waals surface area contributed by atoms with Crippen LogP contribution in [0.5, 0.6) is 5.75 Å². The normalized spacial score (nSPS) is 10.9. The van der Waals surface area contributed by atoms with Gasteiger partial charge in [-0.05, 0) is 17.5 Å². The van der Waals surface area contributed by atoms with E-state index in [4.69, 9.17) is 0 Å². The van der Waals surface area contributed by atoms with E-state index in [2.05, 4.69) is 17.4 Å². The quantitative estimate of drug-likeness (QED) is 0.516. The van der Waals surface area contributed by atoms with Crippen LogP contribution in [0.15, 0.2) is 79.0 Å². The number of rotatable bonds is 6. The van der Waals surface area contributed by atoms with Gasteiger partial charge in [0.05, 0.1) is 11.1 Å². The number of aromatic nitrogens is 1. The first kappa shape index (κ1) is 18.8. The molecule has 3 aromatic carbocycles. The van der Waals surface area contributed by atoms with Crippen LogP contribution in [0.4, 0.5) is 0 Å². The second-order valence-corrected chi connectivity index (χ2v) is 7.28. The van der Waals surface area contributed by atoms with Gasteiger partial charge in [-0.15, -0.1) is 0 Å². The van der Waals surface area contributed by atoms with Gasteiger partial charge in [0.25, 0.3) is 5.91 Å². The summed E-state index contributed by atoms with van der Waals surface area (Å²) in [4.78, 5) is 12.7. The summed E-state index contributed by atoms with van der Waals surface area (Å²) in [5, 5.41) is 14.6. The molecule has 0 aliphatic heterocycles. The van der Waals surface area contributed by atoms with Gasteiger partial charge in [0.15, 0.2) is 0 Å². The average molecular weight is 384 g/mol. The average Bonchev–Trinajstić information content (AvgIpc) is 3.09. The third-order valence-electron chi connectivity index (χ3n) is 5.22. The molecule has 0 atom stereocenters. The first-order valence-corrected chi connectivity index (χ1v) is 9.79. The molecule has 0 spiro atoms. The largest absolute Gasteiger partial charge is 0.505 e. The van der Waals surface area contributed by atoms with E-state index in [9.17, 15) is 9.90 Å². The maximum Gasteiger partial charge on any atom is 0.253 e. The van der Waals surface area contributed by atoms with Crippen molar-refractivity contribution in [3.63, 3.8) is 0 Å². The molecule has 29 heavy (non-hydrogen) atoms. The maximum absolute atomic E-state index is 12.7. The van der Waals surface area contributed by atoms with Gasteiger partial charge >= 0.3 is 0 Å². The number of aromatic hydroxyl groups is 1. The molecule has 0 aliphatic carbocycles. The van der Waals surface area contributed by atoms with E-state index in [1.165, 1.54) is 5.56 Å². The Bertz CT molecular complexity index is 1130. The minimum absolute atomic E-state index is 0.123. The predicted octanol–water partition coefficient (Wildman–Crippen LogP) is 4.45. The van der Waals surface area contributed by atoms with Crippen molar-refractivity contribution < 1.29 is 9.90 Å². The number of aryl methyl sites for hydroxylation is 1. The summed E-state index contributed by atoms with van der Waals surface area (Å²) in [6, 6.07) is 24.0. The summed E-state index contributed by atoms with van der Waals surface area (Å²) in [6.45, 7) is 0.567. The molecule has 4 heteroatoms. The highest BCUT2D eigenvalue weighted by Crippen LogP contribution is 2.33. The molecule has 0 bridgehead atoms. The second-order valence-electron chi connectivity index (χ2n) is 7.28. The summed E-state index contributed by atoms with van der Waals surface area (Å²) >= 11 is 0. The van der Waals surface area contributed by atoms with E-state index in [1.807, 2.05) is 72.3 Å². The lowest BCUT2D eigenvalue weighted by molar-refractivity contribution is 0.0955. The number of benzene rings is 3. The van der Waals surface area contributed by atoms with Gasteiger partial charge in [0.2, 0.25) is 0 Å². The molecule has 0 unspecified atom stereocenters. The second kappa shape index (κ2) is 8.23. The molecule has 1 aromatic heterocycles. The van der Waals surface area contributed by atoms with Crippen molar-refractivity contribution in [3.05, 3.63) is 101 Å². The highest BCUT2D eigenvalue weighted by Gasteiger charge is 2.18. The van der Waals surface area contributed by atoms with Crippen molar-refractivity contribution in [1.29, 1.82) is 0 Å². The Hall–Kier alpha value is -3.53. The minimum Gasteiger partial charge on any atom is -0.505 e. The standard InChI is InChI=1S/C25H24N2O2/c1-27-17-22(25(29)26-15-14-18-8-4-2-5-9-18)21-13-12-20(24(28)23(21)27)16-19-10-6-3-7-11-19/h2-13,17,28H,14-16H2,1H3,(H,26,29). The molecule has 0 saturated carbocycles. The number of amides is 1. The van der Waals surface area contributed by atoms with Gasteiger partial charge in [-0.25, -0.2) is 0 Å². The van der Waals surface area contributed by atoms with E-state index in [0.29, 0.717) is 24.0 Å². The summed E-state index contributed by atoms with van der Waals surface area (Å²) in [6.07, 6.45) is 3.21. The monoisotopic (exact) mass is 384 g/mol. The highest BCUT2D eigenvalue weighted by molar-refractivity contribution is 6.08. The van der Waals surface area contributed by atoms with Crippen molar-refractivity contribution in [2.45, 2.75) is 12.8 Å². The fourth-order valence-corrected chi connectivity index (χ4v) is 3.72. The molecule has 0 aliphatic rings. The van der Waals surface area contributed by atoms with Gasteiger partial charge < -0.3 is 15.0 Å². The number of carbonyl (C=O) groups is 1. The third-order valence-corrected chi connectivity index (χ3v) is 5.22. The lowest BCUT2D eigenvalue weighted by Crippen LogP contribution is -2.25. The Morgan fingerprint density at radius 1 is 0.931 bits per heavy atom. The molecule has 0 radical (unpaired) electrons. The van der Waals surface area contributed by atoms with E-state index in [1.54, 1.807) is 6.20 Å². The smallest absolute Gasteiger partial charge is 0.253 e. The Labute approximate surface area is 170 Å². The fraction of sp³-hybridized carbons (Fsp3) is 0.160. The number of nitrogens with one attached hydrogen (secondary N) is 1. The van der Waals surface area contributed by atoms with Crippen LogP contribution in [0.1, 0.15) is 27.0 Å². The Kier molecular flexibility index (Phi) is 5.34. The number of phenolic OH excluding ortho intramolecular Hbond substituents is 1. The first-order valence-electron chi connectivity index (χ1n) is 9.79. The third kappa shape index (κ3) is 4.02. The van der Waals surface area contributed by atoms with Crippen LogP contribution in [0.3, 0.4) is 0 Å². The van der Waals surface area contributed by atoms with Crippen molar-refractivity contribution >= 4 is 16.8 Å². The van der Waals surface area contributed by atoms with Crippen LogP contribution in [0.25, 0.3) is 10.9 Å². The van der Waals surface area contributed by atoms with E-state index >= 15 is 0 Å². The zero-order valence-corrected chi connectivity index (χ0v) is 16.4. The lowest BCUT2D eigenvalue weighted by Gasteiger charge is -2.08. The molecule has 2 N–H and O–H groups in total. The fourth-order valence-electron chi connectivity index (χ4n) is 3.72. The van der Waals surface area contributed by atoms with Crippen LogP contribution in [-0.2, 0) is 19.9 Å². The summed E-state index contributed by atoms with van der Waals surface area (Å²) in [5.41, 5.74) is 4.44. The summed E-state index contributed by atoms with van der Waals surface area (Å²) in [7, 11) is 1.86. The zero-order valence-electron chi connectivity index (χ0n) is 16.4. The van der Waals surface area contributed by atoms with Crippen molar-refractivity contribution in [1.82, 2.24) is 9.88 Å². The molecule has 0 fully saturated rings. The van der Waals surface area contributed by atoms with Crippen LogP contribution in [0.2, 0.25) is 0 Å². The van der Waals surface area contributed by atoms with E-state index in [0.717, 1.165) is 22.9 Å². The number of hydrogen-bond donors (Lipinski definition) is 2. The van der Waals surface area contributed by atoms with E-state index < -0.39 is 0 Å². The van der Waals surface area contributed by atoms with Crippen LogP contribution in [0, 0.1) is 0 Å². The molecule has 1 amide bonds. The van der Waals surface area contributed by atoms with Gasteiger partial charge in [0, 0.05) is 37.2 Å². The molecule has 4 nitrogen and oxygen atoms in total. The van der Waals surface area contributed by atoms with Gasteiger partial charge in [0.1, 0.15) is 5.75 Å². The molecule has 1 heterocycles. The Balaban J connectivity index is 1.54. The van der Waals surface area contributed by atoms with Gasteiger partial charge in [-0.1, -0.05) is 72.8 Å². The number of hydrogen-bond acceptors (Lipinski definition) is 2. The minimum atomic E-state index is -0.123. The number of carbonyl (C=O) groups excluding carboxylic acids is 1. The summed E-state index contributed by atoms with van der Waals surface area (Å²) < 4.78 is 1.82. The lowest BCUT2D eigenvalue weighted by atomic mass is 10.0. The van der Waals surface area contributed by atoms with Crippen molar-refractivity contribution in [2.24, 2.45) is 7.05 Å². The molecule has 146 valence electrons. The Morgan fingerprint density at radius 3 is 2.28 bits per heavy atom. The predicted molar refractivity (Wildman–Crippen MR) is 116 cm³/mol. The van der Waals surface area contributed by atoms with Crippen LogP contribution in [-0.4, -0.2) is 22.1 Å². The first-order chi connectivity index (χ1) is 14.1. The van der Waals surface area contributed by atoms with Gasteiger partial charge in [-0.3, -0.25) is 4.79 Å². The number of nitrogens with zero attached hydrogens (tertiary/aromatic N) is 1. The molecule has 4 aromatic rings. The van der Waals surface area contributed by atoms with Crippen molar-refractivity contribution in [2.75, 3.05) is 6.54 Å². The SMILES string of the molecule is Cn1cc(C(=O)NCCc2ccccc2)c2ccc(Cc3ccccc3)c(O)c21. The number of phenols is 1. The van der Waals surface area contributed by atoms with Gasteiger partial charge in [-0.2, -0.15) is 0 Å². The van der Waals surface area contributed by atoms with E-state index in [-0.39, 0.29) is 11.7 Å². The number of fused-ring (bicyclic) bond motifs is 1. The maximum atomic E-state index is 12.7.